The van der Waals surface area contributed by atoms with E-state index in [4.69, 9.17) is 0 Å². The standard InChI is InChI=1S/C26H35N3O4S/c1-18(2)10-13-27-25(30)21-11-14-29(15-12-21)26(31)22-6-5-7-23(17-22)28-34(32,33)24-9-8-19(3)16-20(24)4/h5-9,16-18,21,28H,10-15H2,1-4H3,(H,27,30). The minimum absolute atomic E-state index is 0.0653. The number of aryl methyl sites for hydroxylation is 2. The van der Waals surface area contributed by atoms with Gasteiger partial charge in [-0.2, -0.15) is 0 Å². The summed E-state index contributed by atoms with van der Waals surface area (Å²) in [5.41, 5.74) is 2.41. The number of hydrogen-bond acceptors (Lipinski definition) is 4. The third-order valence-corrected chi connectivity index (χ3v) is 7.70. The van der Waals surface area contributed by atoms with E-state index in [0.29, 0.717) is 55.2 Å². The van der Waals surface area contributed by atoms with Crippen molar-refractivity contribution >= 4 is 27.5 Å². The van der Waals surface area contributed by atoms with Crippen LogP contribution in [0.3, 0.4) is 0 Å². The number of hydrogen-bond donors (Lipinski definition) is 2. The van der Waals surface area contributed by atoms with Gasteiger partial charge in [-0.05, 0) is 68.9 Å². The topological polar surface area (TPSA) is 95.6 Å². The highest BCUT2D eigenvalue weighted by Gasteiger charge is 2.28. The third-order valence-electron chi connectivity index (χ3n) is 6.16. The van der Waals surface area contributed by atoms with E-state index in [2.05, 4.69) is 23.9 Å². The number of nitrogens with zero attached hydrogens (tertiary/aromatic N) is 1. The molecule has 0 unspecified atom stereocenters. The van der Waals surface area contributed by atoms with Crippen LogP contribution >= 0.6 is 0 Å². The number of amides is 2. The molecule has 3 rings (SSSR count). The summed E-state index contributed by atoms with van der Waals surface area (Å²) in [4.78, 5) is 27.4. The fraction of sp³-hybridized carbons (Fsp3) is 0.462. The van der Waals surface area contributed by atoms with Crippen molar-refractivity contribution < 1.29 is 18.0 Å². The van der Waals surface area contributed by atoms with Gasteiger partial charge in [0.1, 0.15) is 0 Å². The molecule has 0 saturated carbocycles. The molecule has 2 amide bonds. The number of rotatable bonds is 8. The summed E-state index contributed by atoms with van der Waals surface area (Å²) in [7, 11) is -3.78. The van der Waals surface area contributed by atoms with Gasteiger partial charge in [0.05, 0.1) is 4.90 Å². The van der Waals surface area contributed by atoms with E-state index in [0.717, 1.165) is 12.0 Å². The predicted octanol–water partition coefficient (Wildman–Crippen LogP) is 4.12. The van der Waals surface area contributed by atoms with Crippen LogP contribution in [0.25, 0.3) is 0 Å². The van der Waals surface area contributed by atoms with Gasteiger partial charge in [-0.15, -0.1) is 0 Å². The lowest BCUT2D eigenvalue weighted by atomic mass is 9.95. The van der Waals surface area contributed by atoms with Gasteiger partial charge in [0.2, 0.25) is 5.91 Å². The SMILES string of the molecule is Cc1ccc(S(=O)(=O)Nc2cccc(C(=O)N3CCC(C(=O)NCCC(C)C)CC3)c2)c(C)c1. The maximum absolute atomic E-state index is 13.1. The summed E-state index contributed by atoms with van der Waals surface area (Å²) < 4.78 is 28.4. The van der Waals surface area contributed by atoms with Gasteiger partial charge >= 0.3 is 0 Å². The Balaban J connectivity index is 1.61. The van der Waals surface area contributed by atoms with Crippen molar-refractivity contribution in [3.63, 3.8) is 0 Å². The molecule has 8 heteroatoms. The van der Waals surface area contributed by atoms with Crippen molar-refractivity contribution in [2.75, 3.05) is 24.4 Å². The van der Waals surface area contributed by atoms with Gasteiger partial charge in [-0.3, -0.25) is 14.3 Å². The monoisotopic (exact) mass is 485 g/mol. The number of carbonyl (C=O) groups excluding carboxylic acids is 2. The Morgan fingerprint density at radius 1 is 1.06 bits per heavy atom. The maximum Gasteiger partial charge on any atom is 0.262 e. The van der Waals surface area contributed by atoms with Crippen LogP contribution in [0.15, 0.2) is 47.4 Å². The van der Waals surface area contributed by atoms with Gasteiger partial charge in [0.25, 0.3) is 15.9 Å². The Kier molecular flexibility index (Phi) is 8.36. The van der Waals surface area contributed by atoms with Crippen molar-refractivity contribution in [2.45, 2.75) is 51.9 Å². The molecule has 0 aliphatic carbocycles. The van der Waals surface area contributed by atoms with Gasteiger partial charge in [-0.1, -0.05) is 37.6 Å². The fourth-order valence-electron chi connectivity index (χ4n) is 4.18. The number of anilines is 1. The minimum Gasteiger partial charge on any atom is -0.356 e. The van der Waals surface area contributed by atoms with Crippen molar-refractivity contribution in [3.05, 3.63) is 59.2 Å². The molecule has 1 heterocycles. The lowest BCUT2D eigenvalue weighted by molar-refractivity contribution is -0.126. The van der Waals surface area contributed by atoms with Crippen LogP contribution in [0.4, 0.5) is 5.69 Å². The van der Waals surface area contributed by atoms with E-state index in [9.17, 15) is 18.0 Å². The first-order chi connectivity index (χ1) is 16.1. The lowest BCUT2D eigenvalue weighted by Crippen LogP contribution is -2.43. The number of benzene rings is 2. The number of sulfonamides is 1. The van der Waals surface area contributed by atoms with E-state index in [1.165, 1.54) is 0 Å². The largest absolute Gasteiger partial charge is 0.356 e. The second-order valence-corrected chi connectivity index (χ2v) is 11.1. The average molecular weight is 486 g/mol. The molecule has 0 atom stereocenters. The zero-order valence-electron chi connectivity index (χ0n) is 20.4. The minimum atomic E-state index is -3.78. The molecule has 1 saturated heterocycles. The molecule has 2 aromatic carbocycles. The molecule has 0 spiro atoms. The molecular weight excluding hydrogens is 450 g/mol. The first-order valence-corrected chi connectivity index (χ1v) is 13.3. The lowest BCUT2D eigenvalue weighted by Gasteiger charge is -2.31. The van der Waals surface area contributed by atoms with Crippen molar-refractivity contribution in [3.8, 4) is 0 Å². The van der Waals surface area contributed by atoms with E-state index in [-0.39, 0.29) is 22.6 Å². The molecule has 1 fully saturated rings. The van der Waals surface area contributed by atoms with Crippen LogP contribution in [-0.2, 0) is 14.8 Å². The Morgan fingerprint density at radius 3 is 2.41 bits per heavy atom. The predicted molar refractivity (Wildman–Crippen MR) is 134 cm³/mol. The molecule has 1 aliphatic heterocycles. The molecule has 34 heavy (non-hydrogen) atoms. The smallest absolute Gasteiger partial charge is 0.262 e. The van der Waals surface area contributed by atoms with E-state index in [1.807, 2.05) is 13.0 Å². The van der Waals surface area contributed by atoms with Gasteiger partial charge in [0, 0.05) is 36.8 Å². The maximum atomic E-state index is 13.1. The molecule has 0 aromatic heterocycles. The first-order valence-electron chi connectivity index (χ1n) is 11.8. The number of carbonyl (C=O) groups is 2. The van der Waals surface area contributed by atoms with Crippen molar-refractivity contribution in [2.24, 2.45) is 11.8 Å². The summed E-state index contributed by atoms with van der Waals surface area (Å²) in [5.74, 6) is 0.370. The van der Waals surface area contributed by atoms with Crippen LogP contribution in [-0.4, -0.2) is 44.8 Å². The number of likely N-dealkylation sites (tertiary alicyclic amines) is 1. The normalized spacial score (nSPS) is 14.8. The Morgan fingerprint density at radius 2 is 1.76 bits per heavy atom. The number of piperidine rings is 1. The average Bonchev–Trinajstić information content (AvgIpc) is 2.78. The van der Waals surface area contributed by atoms with Crippen LogP contribution < -0.4 is 10.0 Å². The summed E-state index contributed by atoms with van der Waals surface area (Å²) in [6.45, 7) is 9.60. The molecule has 0 bridgehead atoms. The second-order valence-electron chi connectivity index (χ2n) is 9.50. The number of nitrogens with one attached hydrogen (secondary N) is 2. The first kappa shape index (κ1) is 25.7. The molecule has 184 valence electrons. The highest BCUT2D eigenvalue weighted by Crippen LogP contribution is 2.23. The highest BCUT2D eigenvalue weighted by atomic mass is 32.2. The van der Waals surface area contributed by atoms with Crippen LogP contribution in [0.2, 0.25) is 0 Å². The summed E-state index contributed by atoms with van der Waals surface area (Å²) in [6.07, 6.45) is 2.20. The summed E-state index contributed by atoms with van der Waals surface area (Å²) in [6, 6.07) is 11.7. The van der Waals surface area contributed by atoms with Crippen LogP contribution in [0, 0.1) is 25.7 Å². The summed E-state index contributed by atoms with van der Waals surface area (Å²) in [5, 5.41) is 3.00. The van der Waals surface area contributed by atoms with E-state index in [1.54, 1.807) is 48.2 Å². The van der Waals surface area contributed by atoms with Crippen LogP contribution in [0.1, 0.15) is 54.6 Å². The van der Waals surface area contributed by atoms with Gasteiger partial charge < -0.3 is 10.2 Å². The molecule has 7 nitrogen and oxygen atoms in total. The molecule has 2 N–H and O–H groups in total. The van der Waals surface area contributed by atoms with Gasteiger partial charge in [-0.25, -0.2) is 8.42 Å². The molecule has 2 aromatic rings. The van der Waals surface area contributed by atoms with Gasteiger partial charge in [0.15, 0.2) is 0 Å². The van der Waals surface area contributed by atoms with E-state index >= 15 is 0 Å². The highest BCUT2D eigenvalue weighted by molar-refractivity contribution is 7.92. The third kappa shape index (κ3) is 6.59. The summed E-state index contributed by atoms with van der Waals surface area (Å²) >= 11 is 0. The zero-order valence-corrected chi connectivity index (χ0v) is 21.2. The molecule has 1 aliphatic rings. The van der Waals surface area contributed by atoms with Crippen molar-refractivity contribution in [1.82, 2.24) is 10.2 Å². The van der Waals surface area contributed by atoms with Crippen LogP contribution in [0.5, 0.6) is 0 Å². The Bertz CT molecular complexity index is 1140. The zero-order chi connectivity index (χ0) is 24.9. The quantitative estimate of drug-likeness (QED) is 0.588. The van der Waals surface area contributed by atoms with Crippen molar-refractivity contribution in [1.29, 1.82) is 0 Å². The fourth-order valence-corrected chi connectivity index (χ4v) is 5.46. The Hall–Kier alpha value is -2.87. The second kappa shape index (κ2) is 11.0. The Labute approximate surface area is 203 Å². The molecular formula is C26H35N3O4S. The molecule has 0 radical (unpaired) electrons. The van der Waals surface area contributed by atoms with E-state index < -0.39 is 10.0 Å².